The molecule has 5 nitrogen and oxygen atoms in total. The van der Waals surface area contributed by atoms with Crippen molar-refractivity contribution in [1.82, 2.24) is 4.31 Å². The van der Waals surface area contributed by atoms with Crippen molar-refractivity contribution in [2.24, 2.45) is 0 Å². The van der Waals surface area contributed by atoms with Gasteiger partial charge in [-0.05, 0) is 52.9 Å². The Hall–Kier alpha value is -1.43. The van der Waals surface area contributed by atoms with Gasteiger partial charge in [-0.25, -0.2) is 8.78 Å². The monoisotopic (exact) mass is 511 g/mol. The minimum Gasteiger partial charge on any atom is -0.350 e. The molecule has 0 amide bonds. The van der Waals surface area contributed by atoms with E-state index in [9.17, 15) is 17.2 Å². The van der Waals surface area contributed by atoms with Crippen LogP contribution in [0.1, 0.15) is 0 Å². The van der Waals surface area contributed by atoms with Gasteiger partial charge in [0.1, 0.15) is 5.69 Å². The number of halogens is 4. The van der Waals surface area contributed by atoms with E-state index in [0.717, 1.165) is 20.0 Å². The van der Waals surface area contributed by atoms with Crippen LogP contribution in [0.25, 0.3) is 0 Å². The molecule has 0 fully saturated rings. The molecule has 1 aliphatic rings. The third kappa shape index (κ3) is 4.11. The molecular weight excluding hydrogens is 499 g/mol. The number of hydrogen-bond donors (Lipinski definition) is 2. The van der Waals surface area contributed by atoms with Gasteiger partial charge in [0.25, 0.3) is 0 Å². The predicted octanol–water partition coefficient (Wildman–Crippen LogP) is 4.49. The molecule has 0 atom stereocenters. The van der Waals surface area contributed by atoms with E-state index >= 15 is 0 Å². The van der Waals surface area contributed by atoms with Crippen molar-refractivity contribution in [3.8, 4) is 0 Å². The Morgan fingerprint density at radius 2 is 1.73 bits per heavy atom. The van der Waals surface area contributed by atoms with Crippen LogP contribution in [-0.4, -0.2) is 25.8 Å². The van der Waals surface area contributed by atoms with Gasteiger partial charge in [-0.1, -0.05) is 23.8 Å². The molecule has 0 aromatic heterocycles. The Bertz CT molecular complexity index is 978. The molecule has 2 aromatic rings. The van der Waals surface area contributed by atoms with Gasteiger partial charge in [0.2, 0.25) is 0 Å². The van der Waals surface area contributed by atoms with Gasteiger partial charge in [-0.15, -0.1) is 0 Å². The summed E-state index contributed by atoms with van der Waals surface area (Å²) in [5.41, 5.74) is -0.144. The second-order valence-electron chi connectivity index (χ2n) is 5.43. The fourth-order valence-corrected chi connectivity index (χ4v) is 4.39. The first kappa shape index (κ1) is 19.3. The molecule has 138 valence electrons. The molecule has 2 aromatic carbocycles. The Kier molecular flexibility index (Phi) is 5.70. The van der Waals surface area contributed by atoms with Crippen molar-refractivity contribution >= 4 is 61.5 Å². The number of hydrogen-bond acceptors (Lipinski definition) is 3. The first-order valence-electron chi connectivity index (χ1n) is 7.41. The van der Waals surface area contributed by atoms with Gasteiger partial charge in [0.15, 0.2) is 11.6 Å². The SMILES string of the molecule is O=S(=O)(Nc1ccc(F)c(F)c1Nc1ccc(I)cc1Cl)N1CC=CC1. The highest BCUT2D eigenvalue weighted by molar-refractivity contribution is 14.1. The van der Waals surface area contributed by atoms with Crippen molar-refractivity contribution < 1.29 is 17.2 Å². The van der Waals surface area contributed by atoms with Crippen LogP contribution >= 0.6 is 34.2 Å². The number of benzene rings is 2. The zero-order chi connectivity index (χ0) is 18.9. The maximum Gasteiger partial charge on any atom is 0.302 e. The van der Waals surface area contributed by atoms with E-state index in [1.54, 1.807) is 30.4 Å². The van der Waals surface area contributed by atoms with E-state index in [-0.39, 0.29) is 29.5 Å². The smallest absolute Gasteiger partial charge is 0.302 e. The summed E-state index contributed by atoms with van der Waals surface area (Å²) < 4.78 is 57.2. The van der Waals surface area contributed by atoms with Gasteiger partial charge in [-0.3, -0.25) is 4.72 Å². The Balaban J connectivity index is 1.97. The molecule has 1 heterocycles. The minimum absolute atomic E-state index is 0.120. The summed E-state index contributed by atoms with van der Waals surface area (Å²) in [5, 5.41) is 2.97. The minimum atomic E-state index is -3.92. The summed E-state index contributed by atoms with van der Waals surface area (Å²) in [6.45, 7) is 0.426. The zero-order valence-electron chi connectivity index (χ0n) is 13.1. The van der Waals surface area contributed by atoms with Crippen LogP contribution in [0.5, 0.6) is 0 Å². The molecule has 0 unspecified atom stereocenters. The summed E-state index contributed by atoms with van der Waals surface area (Å²) >= 11 is 8.18. The zero-order valence-corrected chi connectivity index (χ0v) is 16.9. The molecule has 3 rings (SSSR count). The second-order valence-corrected chi connectivity index (χ2v) is 8.75. The predicted molar refractivity (Wildman–Crippen MR) is 107 cm³/mol. The van der Waals surface area contributed by atoms with Crippen LogP contribution in [0.3, 0.4) is 0 Å². The van der Waals surface area contributed by atoms with Gasteiger partial charge >= 0.3 is 10.2 Å². The molecule has 0 saturated heterocycles. The maximum absolute atomic E-state index is 14.4. The largest absolute Gasteiger partial charge is 0.350 e. The van der Waals surface area contributed by atoms with Crippen LogP contribution < -0.4 is 10.0 Å². The van der Waals surface area contributed by atoms with Crippen molar-refractivity contribution in [3.63, 3.8) is 0 Å². The van der Waals surface area contributed by atoms with Crippen molar-refractivity contribution in [3.05, 3.63) is 62.7 Å². The Morgan fingerprint density at radius 1 is 1.08 bits per heavy atom. The van der Waals surface area contributed by atoms with E-state index in [1.165, 1.54) is 0 Å². The first-order chi connectivity index (χ1) is 12.3. The lowest BCUT2D eigenvalue weighted by Crippen LogP contribution is -2.34. The standard InChI is InChI=1S/C16H13ClF2IN3O2S/c17-11-9-10(20)3-5-13(11)21-16-14(6-4-12(18)15(16)19)22-26(24,25)23-7-1-2-8-23/h1-6,9,21-22H,7-8H2. The lowest BCUT2D eigenvalue weighted by molar-refractivity contribution is 0.493. The number of nitrogens with one attached hydrogen (secondary N) is 2. The van der Waals surface area contributed by atoms with E-state index in [4.69, 9.17) is 11.6 Å². The highest BCUT2D eigenvalue weighted by atomic mass is 127. The summed E-state index contributed by atoms with van der Waals surface area (Å²) in [5.74, 6) is -2.32. The molecule has 0 saturated carbocycles. The fraction of sp³-hybridized carbons (Fsp3) is 0.125. The van der Waals surface area contributed by atoms with Gasteiger partial charge in [0, 0.05) is 16.7 Å². The molecule has 10 heteroatoms. The average Bonchev–Trinajstić information content (AvgIpc) is 3.11. The highest BCUT2D eigenvalue weighted by Gasteiger charge is 2.25. The van der Waals surface area contributed by atoms with E-state index in [1.807, 2.05) is 0 Å². The van der Waals surface area contributed by atoms with Crippen LogP contribution in [0.2, 0.25) is 5.02 Å². The number of anilines is 3. The summed E-state index contributed by atoms with van der Waals surface area (Å²) in [7, 11) is -3.92. The molecule has 0 aliphatic carbocycles. The number of nitrogens with zero attached hydrogens (tertiary/aromatic N) is 1. The Morgan fingerprint density at radius 3 is 2.38 bits per heavy atom. The fourth-order valence-electron chi connectivity index (χ4n) is 2.34. The van der Waals surface area contributed by atoms with Crippen molar-refractivity contribution in [2.75, 3.05) is 23.1 Å². The Labute approximate surface area is 168 Å². The van der Waals surface area contributed by atoms with Crippen LogP contribution in [-0.2, 0) is 10.2 Å². The van der Waals surface area contributed by atoms with Gasteiger partial charge < -0.3 is 5.32 Å². The van der Waals surface area contributed by atoms with Crippen molar-refractivity contribution in [2.45, 2.75) is 0 Å². The highest BCUT2D eigenvalue weighted by Crippen LogP contribution is 2.34. The molecule has 0 spiro atoms. The van der Waals surface area contributed by atoms with Crippen LogP contribution in [0.15, 0.2) is 42.5 Å². The third-order valence-corrected chi connectivity index (χ3v) is 6.09. The lowest BCUT2D eigenvalue weighted by atomic mass is 10.2. The first-order valence-corrected chi connectivity index (χ1v) is 10.3. The van der Waals surface area contributed by atoms with Crippen molar-refractivity contribution in [1.29, 1.82) is 0 Å². The van der Waals surface area contributed by atoms with Gasteiger partial charge in [-0.2, -0.15) is 12.7 Å². The number of rotatable bonds is 5. The summed E-state index contributed by atoms with van der Waals surface area (Å²) in [4.78, 5) is 0. The molecule has 1 aliphatic heterocycles. The maximum atomic E-state index is 14.4. The topological polar surface area (TPSA) is 61.4 Å². The summed E-state index contributed by atoms with van der Waals surface area (Å²) in [6, 6.07) is 6.97. The van der Waals surface area contributed by atoms with E-state index in [0.29, 0.717) is 5.69 Å². The molecule has 0 bridgehead atoms. The molecule has 2 N–H and O–H groups in total. The summed E-state index contributed by atoms with van der Waals surface area (Å²) in [6.07, 6.45) is 3.41. The third-order valence-electron chi connectivity index (χ3n) is 3.65. The molecular formula is C16H13ClF2IN3O2S. The molecule has 0 radical (unpaired) electrons. The average molecular weight is 512 g/mol. The van der Waals surface area contributed by atoms with E-state index < -0.39 is 21.8 Å². The normalized spacial score (nSPS) is 14.6. The second kappa shape index (κ2) is 7.67. The molecule has 26 heavy (non-hydrogen) atoms. The van der Waals surface area contributed by atoms with Gasteiger partial charge in [0.05, 0.1) is 16.4 Å². The lowest BCUT2D eigenvalue weighted by Gasteiger charge is -2.20. The van der Waals surface area contributed by atoms with Crippen LogP contribution in [0.4, 0.5) is 25.8 Å². The van der Waals surface area contributed by atoms with E-state index in [2.05, 4.69) is 32.6 Å². The quantitative estimate of drug-likeness (QED) is 0.459. The van der Waals surface area contributed by atoms with Crippen LogP contribution in [0, 0.1) is 15.2 Å².